The molecule has 1 aromatic rings. The molecule has 1 aromatic carbocycles. The molecule has 6 nitrogen and oxygen atoms in total. The fourth-order valence-electron chi connectivity index (χ4n) is 1.92. The number of hydrogen-bond acceptors (Lipinski definition) is 4. The molecule has 0 bridgehead atoms. The first-order valence-electron chi connectivity index (χ1n) is 5.95. The summed E-state index contributed by atoms with van der Waals surface area (Å²) in [6.07, 6.45) is 0.908. The Labute approximate surface area is 111 Å². The van der Waals surface area contributed by atoms with Crippen LogP contribution in [0.4, 0.5) is 5.69 Å². The summed E-state index contributed by atoms with van der Waals surface area (Å²) in [4.78, 5) is 23.0. The number of hydrogen-bond donors (Lipinski definition) is 2. The van der Waals surface area contributed by atoms with Crippen molar-refractivity contribution in [1.29, 1.82) is 0 Å². The third kappa shape index (κ3) is 3.15. The molecule has 1 saturated heterocycles. The van der Waals surface area contributed by atoms with E-state index in [0.29, 0.717) is 30.0 Å². The van der Waals surface area contributed by atoms with Gasteiger partial charge < -0.3 is 20.1 Å². The van der Waals surface area contributed by atoms with Crippen molar-refractivity contribution in [3.63, 3.8) is 0 Å². The summed E-state index contributed by atoms with van der Waals surface area (Å²) in [5.74, 6) is 0.847. The van der Waals surface area contributed by atoms with Crippen LogP contribution in [-0.4, -0.2) is 32.1 Å². The maximum atomic E-state index is 12.0. The van der Waals surface area contributed by atoms with Gasteiger partial charge in [-0.2, -0.15) is 0 Å². The lowest BCUT2D eigenvalue weighted by Gasteiger charge is -2.13. The minimum absolute atomic E-state index is 0.0941. The molecule has 6 heteroatoms. The highest BCUT2D eigenvalue weighted by Gasteiger charge is 2.27. The average molecular weight is 264 g/mol. The molecule has 0 radical (unpaired) electrons. The zero-order valence-electron chi connectivity index (χ0n) is 10.9. The minimum atomic E-state index is -0.468. The summed E-state index contributed by atoms with van der Waals surface area (Å²) in [6.45, 7) is 0. The van der Waals surface area contributed by atoms with E-state index in [1.54, 1.807) is 18.2 Å². The molecule has 2 N–H and O–H groups in total. The predicted molar refractivity (Wildman–Crippen MR) is 69.3 cm³/mol. The van der Waals surface area contributed by atoms with Gasteiger partial charge in [0.2, 0.25) is 11.8 Å². The fraction of sp³-hybridized carbons (Fsp3) is 0.385. The molecule has 1 aliphatic rings. The number of amides is 2. The largest absolute Gasteiger partial charge is 0.497 e. The predicted octanol–water partition coefficient (Wildman–Crippen LogP) is 0.921. The Morgan fingerprint density at radius 1 is 1.26 bits per heavy atom. The van der Waals surface area contributed by atoms with Gasteiger partial charge in [-0.15, -0.1) is 0 Å². The summed E-state index contributed by atoms with van der Waals surface area (Å²) < 4.78 is 10.2. The molecule has 0 saturated carbocycles. The smallest absolute Gasteiger partial charge is 0.246 e. The van der Waals surface area contributed by atoms with Crippen LogP contribution in [0.15, 0.2) is 18.2 Å². The number of rotatable bonds is 4. The number of benzene rings is 1. The molecule has 0 unspecified atom stereocenters. The molecule has 1 heterocycles. The van der Waals surface area contributed by atoms with Gasteiger partial charge in [0.15, 0.2) is 0 Å². The quantitative estimate of drug-likeness (QED) is 0.848. The van der Waals surface area contributed by atoms with E-state index in [-0.39, 0.29) is 11.8 Å². The highest BCUT2D eigenvalue weighted by molar-refractivity contribution is 5.99. The Morgan fingerprint density at radius 2 is 1.89 bits per heavy atom. The van der Waals surface area contributed by atoms with Crippen LogP contribution >= 0.6 is 0 Å². The topological polar surface area (TPSA) is 76.7 Å². The summed E-state index contributed by atoms with van der Waals surface area (Å²) in [7, 11) is 3.08. The average Bonchev–Trinajstić information content (AvgIpc) is 2.85. The van der Waals surface area contributed by atoms with Gasteiger partial charge >= 0.3 is 0 Å². The van der Waals surface area contributed by atoms with Crippen LogP contribution in [0, 0.1) is 0 Å². The van der Waals surface area contributed by atoms with Crippen LogP contribution in [0.5, 0.6) is 11.5 Å². The van der Waals surface area contributed by atoms with E-state index in [1.807, 2.05) is 0 Å². The van der Waals surface area contributed by atoms with Gasteiger partial charge in [0.25, 0.3) is 0 Å². The van der Waals surface area contributed by atoms with E-state index < -0.39 is 6.04 Å². The number of nitrogens with one attached hydrogen (secondary N) is 2. The zero-order valence-corrected chi connectivity index (χ0v) is 10.9. The molecule has 0 spiro atoms. The van der Waals surface area contributed by atoms with Gasteiger partial charge in [0.1, 0.15) is 17.5 Å². The van der Waals surface area contributed by atoms with Crippen molar-refractivity contribution in [2.24, 2.45) is 0 Å². The molecular weight excluding hydrogens is 248 g/mol. The molecular formula is C13H16N2O4. The third-order valence-electron chi connectivity index (χ3n) is 2.93. The Kier molecular flexibility index (Phi) is 3.89. The summed E-state index contributed by atoms with van der Waals surface area (Å²) in [5.41, 5.74) is 0.572. The van der Waals surface area contributed by atoms with Crippen molar-refractivity contribution in [2.75, 3.05) is 19.5 Å². The summed E-state index contributed by atoms with van der Waals surface area (Å²) >= 11 is 0. The normalized spacial score (nSPS) is 17.8. The van der Waals surface area contributed by atoms with Gasteiger partial charge in [-0.3, -0.25) is 9.59 Å². The number of ether oxygens (including phenoxy) is 2. The van der Waals surface area contributed by atoms with Crippen molar-refractivity contribution in [3.05, 3.63) is 18.2 Å². The maximum Gasteiger partial charge on any atom is 0.246 e. The van der Waals surface area contributed by atoms with Gasteiger partial charge in [0.05, 0.1) is 14.2 Å². The minimum Gasteiger partial charge on any atom is -0.497 e. The monoisotopic (exact) mass is 264 g/mol. The van der Waals surface area contributed by atoms with E-state index in [2.05, 4.69) is 10.6 Å². The standard InChI is InChI=1S/C13H16N2O4/c1-18-9-5-8(6-10(7-9)19-2)14-13(17)11-3-4-12(16)15-11/h5-7,11H,3-4H2,1-2H3,(H,14,17)(H,15,16)/t11-/m0/s1. The SMILES string of the molecule is COc1cc(NC(=O)[C@@H]2CCC(=O)N2)cc(OC)c1. The maximum absolute atomic E-state index is 12.0. The van der Waals surface area contributed by atoms with Crippen molar-refractivity contribution in [3.8, 4) is 11.5 Å². The first kappa shape index (κ1) is 13.2. The Hall–Kier alpha value is -2.24. The summed E-state index contributed by atoms with van der Waals surface area (Å²) in [5, 5.41) is 5.36. The number of carbonyl (C=O) groups is 2. The lowest BCUT2D eigenvalue weighted by Crippen LogP contribution is -2.37. The number of methoxy groups -OCH3 is 2. The second kappa shape index (κ2) is 5.60. The molecule has 2 amide bonds. The lowest BCUT2D eigenvalue weighted by atomic mass is 10.2. The molecule has 1 aliphatic heterocycles. The Morgan fingerprint density at radius 3 is 2.37 bits per heavy atom. The van der Waals surface area contributed by atoms with E-state index in [1.165, 1.54) is 14.2 Å². The number of anilines is 1. The Bertz CT molecular complexity index is 479. The fourth-order valence-corrected chi connectivity index (χ4v) is 1.92. The molecule has 102 valence electrons. The lowest BCUT2D eigenvalue weighted by molar-refractivity contribution is -0.122. The molecule has 19 heavy (non-hydrogen) atoms. The van der Waals surface area contributed by atoms with Crippen LogP contribution < -0.4 is 20.1 Å². The van der Waals surface area contributed by atoms with Crippen LogP contribution in [-0.2, 0) is 9.59 Å². The van der Waals surface area contributed by atoms with E-state index in [4.69, 9.17) is 9.47 Å². The van der Waals surface area contributed by atoms with Crippen LogP contribution in [0.1, 0.15) is 12.8 Å². The van der Waals surface area contributed by atoms with Gasteiger partial charge in [-0.1, -0.05) is 0 Å². The second-order valence-corrected chi connectivity index (χ2v) is 4.25. The zero-order chi connectivity index (χ0) is 13.8. The molecule has 0 aromatic heterocycles. The van der Waals surface area contributed by atoms with E-state index in [9.17, 15) is 9.59 Å². The van der Waals surface area contributed by atoms with Gasteiger partial charge in [-0.05, 0) is 6.42 Å². The summed E-state index contributed by atoms with van der Waals surface area (Å²) in [6, 6.07) is 4.63. The Balaban J connectivity index is 2.09. The van der Waals surface area contributed by atoms with Gasteiger partial charge in [-0.25, -0.2) is 0 Å². The van der Waals surface area contributed by atoms with Crippen LogP contribution in [0.25, 0.3) is 0 Å². The van der Waals surface area contributed by atoms with Gasteiger partial charge in [0, 0.05) is 30.3 Å². The van der Waals surface area contributed by atoms with Crippen molar-refractivity contribution in [2.45, 2.75) is 18.9 Å². The first-order chi connectivity index (χ1) is 9.12. The highest BCUT2D eigenvalue weighted by Crippen LogP contribution is 2.26. The van der Waals surface area contributed by atoms with E-state index in [0.717, 1.165) is 0 Å². The first-order valence-corrected chi connectivity index (χ1v) is 5.95. The highest BCUT2D eigenvalue weighted by atomic mass is 16.5. The molecule has 0 aliphatic carbocycles. The van der Waals surface area contributed by atoms with Crippen LogP contribution in [0.3, 0.4) is 0 Å². The van der Waals surface area contributed by atoms with Crippen LogP contribution in [0.2, 0.25) is 0 Å². The molecule has 1 fully saturated rings. The second-order valence-electron chi connectivity index (χ2n) is 4.25. The van der Waals surface area contributed by atoms with Crippen molar-refractivity contribution < 1.29 is 19.1 Å². The van der Waals surface area contributed by atoms with Crippen molar-refractivity contribution >= 4 is 17.5 Å². The molecule has 2 rings (SSSR count). The number of carbonyl (C=O) groups excluding carboxylic acids is 2. The third-order valence-corrected chi connectivity index (χ3v) is 2.93. The molecule has 1 atom stereocenters. The van der Waals surface area contributed by atoms with E-state index >= 15 is 0 Å². The van der Waals surface area contributed by atoms with Crippen molar-refractivity contribution in [1.82, 2.24) is 5.32 Å².